The summed E-state index contributed by atoms with van der Waals surface area (Å²) in [5.41, 5.74) is 2.43. The first-order valence-corrected chi connectivity index (χ1v) is 13.1. The van der Waals surface area contributed by atoms with Crippen molar-refractivity contribution in [3.05, 3.63) is 53.6 Å². The Bertz CT molecular complexity index is 1040. The molecule has 8 heteroatoms. The summed E-state index contributed by atoms with van der Waals surface area (Å²) in [5.74, 6) is 1.42. The van der Waals surface area contributed by atoms with Gasteiger partial charge in [-0.2, -0.15) is 0 Å². The molecule has 0 spiro atoms. The molecule has 2 N–H and O–H groups in total. The van der Waals surface area contributed by atoms with E-state index in [0.717, 1.165) is 31.4 Å². The van der Waals surface area contributed by atoms with Crippen molar-refractivity contribution in [2.24, 2.45) is 5.92 Å². The number of carbonyl (C=O) groups excluding carboxylic acids is 3. The number of ether oxygens (including phenoxy) is 3. The quantitative estimate of drug-likeness (QED) is 0.386. The molecule has 0 bridgehead atoms. The van der Waals surface area contributed by atoms with Crippen molar-refractivity contribution >= 4 is 23.5 Å². The van der Waals surface area contributed by atoms with Crippen LogP contribution in [-0.2, 0) is 14.3 Å². The summed E-state index contributed by atoms with van der Waals surface area (Å²) in [5, 5.41) is 5.67. The zero-order valence-electron chi connectivity index (χ0n) is 22.0. The fourth-order valence-corrected chi connectivity index (χ4v) is 4.67. The number of benzene rings is 2. The van der Waals surface area contributed by atoms with Crippen LogP contribution in [0.5, 0.6) is 11.5 Å². The topological polar surface area (TPSA) is 103 Å². The summed E-state index contributed by atoms with van der Waals surface area (Å²) < 4.78 is 15.9. The van der Waals surface area contributed by atoms with E-state index in [4.69, 9.17) is 14.2 Å². The van der Waals surface area contributed by atoms with Crippen LogP contribution in [0.15, 0.2) is 42.5 Å². The summed E-state index contributed by atoms with van der Waals surface area (Å²) in [6.45, 7) is 4.94. The Hall–Kier alpha value is -3.55. The van der Waals surface area contributed by atoms with Gasteiger partial charge in [0.1, 0.15) is 0 Å². The maximum atomic E-state index is 12.5. The van der Waals surface area contributed by atoms with Gasteiger partial charge in [-0.05, 0) is 87.3 Å². The predicted octanol–water partition coefficient (Wildman–Crippen LogP) is 5.08. The third kappa shape index (κ3) is 8.51. The van der Waals surface area contributed by atoms with Gasteiger partial charge in [-0.3, -0.25) is 14.4 Å². The molecule has 1 fully saturated rings. The molecule has 2 aromatic carbocycles. The number of hydrogen-bond acceptors (Lipinski definition) is 6. The molecule has 1 aliphatic carbocycles. The lowest BCUT2D eigenvalue weighted by atomic mass is 9.77. The molecule has 0 heterocycles. The number of rotatable bonds is 12. The highest BCUT2D eigenvalue weighted by molar-refractivity contribution is 5.95. The molecule has 1 saturated carbocycles. The average molecular weight is 511 g/mol. The second kappa shape index (κ2) is 14.3. The van der Waals surface area contributed by atoms with Crippen molar-refractivity contribution in [1.82, 2.24) is 5.32 Å². The van der Waals surface area contributed by atoms with E-state index in [9.17, 15) is 14.4 Å². The van der Waals surface area contributed by atoms with E-state index in [1.54, 1.807) is 18.2 Å². The molecule has 1 aliphatic rings. The summed E-state index contributed by atoms with van der Waals surface area (Å²) in [4.78, 5) is 36.4. The maximum absolute atomic E-state index is 12.5. The van der Waals surface area contributed by atoms with Crippen LogP contribution in [0.2, 0.25) is 0 Å². The van der Waals surface area contributed by atoms with Crippen LogP contribution in [0.1, 0.15) is 74.2 Å². The monoisotopic (exact) mass is 510 g/mol. The minimum Gasteiger partial charge on any atom is -0.490 e. The first-order valence-electron chi connectivity index (χ1n) is 13.1. The van der Waals surface area contributed by atoms with Gasteiger partial charge in [0.25, 0.3) is 5.91 Å². The summed E-state index contributed by atoms with van der Waals surface area (Å²) in [6.07, 6.45) is 4.80. The van der Waals surface area contributed by atoms with Gasteiger partial charge >= 0.3 is 5.97 Å². The molecular weight excluding hydrogens is 472 g/mol. The Morgan fingerprint density at radius 1 is 0.892 bits per heavy atom. The fourth-order valence-electron chi connectivity index (χ4n) is 4.67. The standard InChI is InChI=1S/C29H38N2O6/c1-4-36-25-15-12-23(19-26(25)37-5-2)29(34)30-17-16-27(32)31-24-13-10-22(11-14-24)21-8-6-20(7-9-21)18-28(33)35-3/h10-15,19-21H,4-9,16-18H2,1-3H3,(H,30,34)(H,31,32). The van der Waals surface area contributed by atoms with Crippen molar-refractivity contribution < 1.29 is 28.6 Å². The normalized spacial score (nSPS) is 16.9. The largest absolute Gasteiger partial charge is 0.490 e. The molecule has 37 heavy (non-hydrogen) atoms. The molecule has 8 nitrogen and oxygen atoms in total. The molecule has 0 aromatic heterocycles. The predicted molar refractivity (Wildman–Crippen MR) is 142 cm³/mol. The van der Waals surface area contributed by atoms with E-state index in [1.165, 1.54) is 12.7 Å². The van der Waals surface area contributed by atoms with Crippen molar-refractivity contribution in [1.29, 1.82) is 0 Å². The van der Waals surface area contributed by atoms with Crippen molar-refractivity contribution in [2.75, 3.05) is 32.2 Å². The van der Waals surface area contributed by atoms with Gasteiger partial charge in [-0.15, -0.1) is 0 Å². The van der Waals surface area contributed by atoms with Crippen LogP contribution in [0.4, 0.5) is 5.69 Å². The zero-order valence-corrected chi connectivity index (χ0v) is 22.0. The molecule has 2 aromatic rings. The molecule has 0 unspecified atom stereocenters. The van der Waals surface area contributed by atoms with E-state index in [2.05, 4.69) is 22.8 Å². The number of nitrogens with one attached hydrogen (secondary N) is 2. The first-order chi connectivity index (χ1) is 17.9. The fraction of sp³-hybridized carbons (Fsp3) is 0.483. The minimum absolute atomic E-state index is 0.130. The van der Waals surface area contributed by atoms with E-state index in [-0.39, 0.29) is 30.7 Å². The van der Waals surface area contributed by atoms with Gasteiger partial charge in [0.15, 0.2) is 11.5 Å². The lowest BCUT2D eigenvalue weighted by Crippen LogP contribution is -2.27. The van der Waals surface area contributed by atoms with Crippen molar-refractivity contribution in [3.8, 4) is 11.5 Å². The van der Waals surface area contributed by atoms with Gasteiger partial charge in [0.2, 0.25) is 5.91 Å². The summed E-state index contributed by atoms with van der Waals surface area (Å²) in [6, 6.07) is 13.0. The van der Waals surface area contributed by atoms with E-state index in [0.29, 0.717) is 48.5 Å². The Labute approximate surface area is 219 Å². The zero-order chi connectivity index (χ0) is 26.6. The molecule has 0 atom stereocenters. The second-order valence-corrected chi connectivity index (χ2v) is 9.20. The summed E-state index contributed by atoms with van der Waals surface area (Å²) in [7, 11) is 1.44. The molecule has 0 aliphatic heterocycles. The second-order valence-electron chi connectivity index (χ2n) is 9.20. The van der Waals surface area contributed by atoms with Crippen LogP contribution < -0.4 is 20.1 Å². The molecule has 2 amide bonds. The number of methoxy groups -OCH3 is 1. The maximum Gasteiger partial charge on any atom is 0.305 e. The smallest absolute Gasteiger partial charge is 0.305 e. The number of esters is 1. The van der Waals surface area contributed by atoms with Crippen LogP contribution in [0.3, 0.4) is 0 Å². The highest BCUT2D eigenvalue weighted by Gasteiger charge is 2.24. The molecule has 200 valence electrons. The Morgan fingerprint density at radius 3 is 2.22 bits per heavy atom. The minimum atomic E-state index is -0.275. The molecule has 3 rings (SSSR count). The third-order valence-corrected chi connectivity index (χ3v) is 6.64. The average Bonchev–Trinajstić information content (AvgIpc) is 2.90. The lowest BCUT2D eigenvalue weighted by molar-refractivity contribution is -0.142. The Morgan fingerprint density at radius 2 is 1.57 bits per heavy atom. The number of anilines is 1. The van der Waals surface area contributed by atoms with Gasteiger partial charge in [-0.1, -0.05) is 12.1 Å². The van der Waals surface area contributed by atoms with Gasteiger partial charge in [0.05, 0.1) is 20.3 Å². The van der Waals surface area contributed by atoms with Gasteiger partial charge in [-0.25, -0.2) is 0 Å². The molecule has 0 saturated heterocycles. The van der Waals surface area contributed by atoms with E-state index < -0.39 is 0 Å². The SMILES string of the molecule is CCOc1ccc(C(=O)NCCC(=O)Nc2ccc(C3CCC(CC(=O)OC)CC3)cc2)cc1OCC. The number of amides is 2. The van der Waals surface area contributed by atoms with Crippen LogP contribution >= 0.6 is 0 Å². The van der Waals surface area contributed by atoms with Crippen LogP contribution in [0, 0.1) is 5.92 Å². The van der Waals surface area contributed by atoms with E-state index >= 15 is 0 Å². The highest BCUT2D eigenvalue weighted by Crippen LogP contribution is 2.37. The molecular formula is C29H38N2O6. The van der Waals surface area contributed by atoms with Crippen LogP contribution in [-0.4, -0.2) is 44.7 Å². The van der Waals surface area contributed by atoms with Gasteiger partial charge in [0, 0.05) is 30.6 Å². The first kappa shape index (κ1) is 28.0. The number of carbonyl (C=O) groups is 3. The molecule has 0 radical (unpaired) electrons. The van der Waals surface area contributed by atoms with Crippen molar-refractivity contribution in [3.63, 3.8) is 0 Å². The lowest BCUT2D eigenvalue weighted by Gasteiger charge is -2.28. The van der Waals surface area contributed by atoms with E-state index in [1.807, 2.05) is 26.0 Å². The van der Waals surface area contributed by atoms with Crippen molar-refractivity contribution in [2.45, 2.75) is 58.3 Å². The van der Waals surface area contributed by atoms with Crippen LogP contribution in [0.25, 0.3) is 0 Å². The Kier molecular flexibility index (Phi) is 10.8. The summed E-state index contributed by atoms with van der Waals surface area (Å²) >= 11 is 0. The highest BCUT2D eigenvalue weighted by atomic mass is 16.5. The Balaban J connectivity index is 1.42. The third-order valence-electron chi connectivity index (χ3n) is 6.64. The number of hydrogen-bond donors (Lipinski definition) is 2. The van der Waals surface area contributed by atoms with Gasteiger partial charge < -0.3 is 24.8 Å².